The first-order valence-corrected chi connectivity index (χ1v) is 8.33. The zero-order valence-corrected chi connectivity index (χ0v) is 13.7. The molecule has 1 saturated heterocycles. The minimum absolute atomic E-state index is 0.163. The fourth-order valence-electron chi connectivity index (χ4n) is 2.97. The van der Waals surface area contributed by atoms with Crippen LogP contribution in [0.2, 0.25) is 0 Å². The van der Waals surface area contributed by atoms with Crippen molar-refractivity contribution in [3.8, 4) is 0 Å². The first kappa shape index (κ1) is 16.7. The van der Waals surface area contributed by atoms with Gasteiger partial charge in [-0.25, -0.2) is 0 Å². The highest BCUT2D eigenvalue weighted by molar-refractivity contribution is 5.50. The van der Waals surface area contributed by atoms with Crippen LogP contribution >= 0.6 is 0 Å². The monoisotopic (exact) mass is 325 g/mol. The first-order valence-electron chi connectivity index (χ1n) is 8.33. The summed E-state index contributed by atoms with van der Waals surface area (Å²) in [6, 6.07) is 20.5. The van der Waals surface area contributed by atoms with Gasteiger partial charge >= 0.3 is 0 Å². The summed E-state index contributed by atoms with van der Waals surface area (Å²) in [5, 5.41) is 0. The second-order valence-electron chi connectivity index (χ2n) is 6.10. The number of amides is 1. The third kappa shape index (κ3) is 4.43. The second-order valence-corrected chi connectivity index (χ2v) is 6.10. The van der Waals surface area contributed by atoms with Crippen LogP contribution in [-0.4, -0.2) is 36.6 Å². The van der Waals surface area contributed by atoms with Gasteiger partial charge in [0.1, 0.15) is 0 Å². The molecular formula is C20H23NO3. The summed E-state index contributed by atoms with van der Waals surface area (Å²) in [5.41, 5.74) is 2.30. The molecule has 1 amide bonds. The van der Waals surface area contributed by atoms with Crippen molar-refractivity contribution in [2.75, 3.05) is 13.2 Å². The molecule has 0 N–H and O–H groups in total. The van der Waals surface area contributed by atoms with Crippen molar-refractivity contribution in [1.82, 2.24) is 4.90 Å². The number of likely N-dealkylation sites (tertiary alicyclic amines) is 1. The van der Waals surface area contributed by atoms with Gasteiger partial charge in [0, 0.05) is 0 Å². The van der Waals surface area contributed by atoms with E-state index < -0.39 is 0 Å². The number of hydrogen-bond acceptors (Lipinski definition) is 3. The van der Waals surface area contributed by atoms with Gasteiger partial charge in [-0.1, -0.05) is 60.7 Å². The number of rotatable bonds is 9. The van der Waals surface area contributed by atoms with Crippen LogP contribution in [0.25, 0.3) is 0 Å². The Morgan fingerprint density at radius 1 is 0.833 bits per heavy atom. The lowest BCUT2D eigenvalue weighted by atomic mass is 9.95. The maximum absolute atomic E-state index is 11.3. The van der Waals surface area contributed by atoms with Crippen LogP contribution in [0.3, 0.4) is 0 Å². The lowest BCUT2D eigenvalue weighted by Gasteiger charge is -2.46. The van der Waals surface area contributed by atoms with Crippen molar-refractivity contribution in [3.05, 3.63) is 71.8 Å². The SMILES string of the molecule is O=CN1[C@H](COCc2ccccc2)C[C@H]1COCc1ccccc1. The molecule has 1 fully saturated rings. The highest BCUT2D eigenvalue weighted by atomic mass is 16.5. The quantitative estimate of drug-likeness (QED) is 0.665. The van der Waals surface area contributed by atoms with Gasteiger partial charge in [-0.05, 0) is 17.5 Å². The molecule has 3 rings (SSSR count). The summed E-state index contributed by atoms with van der Waals surface area (Å²) in [6.07, 6.45) is 1.85. The van der Waals surface area contributed by atoms with E-state index in [1.54, 1.807) is 0 Å². The topological polar surface area (TPSA) is 38.8 Å². The minimum Gasteiger partial charge on any atom is -0.375 e. The molecule has 2 aromatic carbocycles. The summed E-state index contributed by atoms with van der Waals surface area (Å²) in [6.45, 7) is 2.31. The molecule has 1 aliphatic heterocycles. The van der Waals surface area contributed by atoms with Crippen LogP contribution in [0.4, 0.5) is 0 Å². The molecule has 4 heteroatoms. The molecule has 1 aliphatic rings. The Bertz CT molecular complexity index is 566. The molecule has 4 nitrogen and oxygen atoms in total. The fourth-order valence-corrected chi connectivity index (χ4v) is 2.97. The van der Waals surface area contributed by atoms with Crippen molar-refractivity contribution in [2.45, 2.75) is 31.7 Å². The highest BCUT2D eigenvalue weighted by Gasteiger charge is 2.37. The predicted molar refractivity (Wildman–Crippen MR) is 92.3 cm³/mol. The highest BCUT2D eigenvalue weighted by Crippen LogP contribution is 2.25. The number of nitrogens with zero attached hydrogens (tertiary/aromatic N) is 1. The number of hydrogen-bond donors (Lipinski definition) is 0. The molecule has 0 spiro atoms. The molecule has 0 radical (unpaired) electrons. The fraction of sp³-hybridized carbons (Fsp3) is 0.350. The molecule has 0 unspecified atom stereocenters. The molecule has 0 aliphatic carbocycles. The lowest BCUT2D eigenvalue weighted by Crippen LogP contribution is -2.58. The zero-order valence-electron chi connectivity index (χ0n) is 13.7. The molecule has 2 aromatic rings. The van der Waals surface area contributed by atoms with E-state index in [9.17, 15) is 4.79 Å². The van der Waals surface area contributed by atoms with Gasteiger partial charge in [-0.3, -0.25) is 4.79 Å². The molecule has 2 atom stereocenters. The summed E-state index contributed by atoms with van der Waals surface area (Å²) >= 11 is 0. The van der Waals surface area contributed by atoms with Gasteiger partial charge in [0.2, 0.25) is 6.41 Å². The molecule has 0 bridgehead atoms. The predicted octanol–water partition coefficient (Wildman–Crippen LogP) is 3.02. The van der Waals surface area contributed by atoms with Crippen LogP contribution in [0.5, 0.6) is 0 Å². The Morgan fingerprint density at radius 3 is 1.71 bits per heavy atom. The summed E-state index contributed by atoms with van der Waals surface area (Å²) in [5.74, 6) is 0. The van der Waals surface area contributed by atoms with E-state index in [0.717, 1.165) is 24.0 Å². The van der Waals surface area contributed by atoms with Gasteiger partial charge in [0.25, 0.3) is 0 Å². The van der Waals surface area contributed by atoms with Crippen molar-refractivity contribution < 1.29 is 14.3 Å². The van der Waals surface area contributed by atoms with Crippen LogP contribution in [0.15, 0.2) is 60.7 Å². The van der Waals surface area contributed by atoms with E-state index in [0.29, 0.717) is 26.4 Å². The third-order valence-electron chi connectivity index (χ3n) is 4.35. The Kier molecular flexibility index (Phi) is 5.99. The molecule has 24 heavy (non-hydrogen) atoms. The number of benzene rings is 2. The van der Waals surface area contributed by atoms with Gasteiger partial charge in [-0.2, -0.15) is 0 Å². The normalized spacial score (nSPS) is 19.8. The molecule has 0 aromatic heterocycles. The van der Waals surface area contributed by atoms with Crippen LogP contribution in [0.1, 0.15) is 17.5 Å². The van der Waals surface area contributed by atoms with Gasteiger partial charge in [0.05, 0.1) is 38.5 Å². The molecule has 126 valence electrons. The lowest BCUT2D eigenvalue weighted by molar-refractivity contribution is -0.139. The first-order chi connectivity index (χ1) is 11.9. The smallest absolute Gasteiger partial charge is 0.210 e. The van der Waals surface area contributed by atoms with Crippen LogP contribution in [-0.2, 0) is 27.5 Å². The largest absolute Gasteiger partial charge is 0.375 e. The zero-order chi connectivity index (χ0) is 16.6. The van der Waals surface area contributed by atoms with Gasteiger partial charge < -0.3 is 14.4 Å². The third-order valence-corrected chi connectivity index (χ3v) is 4.35. The van der Waals surface area contributed by atoms with Crippen molar-refractivity contribution in [1.29, 1.82) is 0 Å². The maximum Gasteiger partial charge on any atom is 0.210 e. The Labute approximate surface area is 143 Å². The number of carbonyl (C=O) groups is 1. The van der Waals surface area contributed by atoms with E-state index in [1.165, 1.54) is 0 Å². The Hall–Kier alpha value is -2.17. The van der Waals surface area contributed by atoms with E-state index in [2.05, 4.69) is 0 Å². The van der Waals surface area contributed by atoms with E-state index in [1.807, 2.05) is 65.6 Å². The summed E-state index contributed by atoms with van der Waals surface area (Å²) < 4.78 is 11.5. The van der Waals surface area contributed by atoms with E-state index in [-0.39, 0.29) is 12.1 Å². The Balaban J connectivity index is 1.35. The standard InChI is InChI=1S/C20H23NO3/c22-16-21-19(14-23-12-17-7-3-1-4-8-17)11-20(21)15-24-13-18-9-5-2-6-10-18/h1-10,16,19-20H,11-15H2/t19-,20-/m0/s1. The van der Waals surface area contributed by atoms with Gasteiger partial charge in [-0.15, -0.1) is 0 Å². The maximum atomic E-state index is 11.3. The second kappa shape index (κ2) is 8.62. The average molecular weight is 325 g/mol. The number of carbonyl (C=O) groups excluding carboxylic acids is 1. The van der Waals surface area contributed by atoms with Crippen LogP contribution < -0.4 is 0 Å². The summed E-state index contributed by atoms with van der Waals surface area (Å²) in [4.78, 5) is 13.1. The van der Waals surface area contributed by atoms with E-state index in [4.69, 9.17) is 9.47 Å². The minimum atomic E-state index is 0.163. The van der Waals surface area contributed by atoms with Crippen molar-refractivity contribution >= 4 is 6.41 Å². The summed E-state index contributed by atoms with van der Waals surface area (Å²) in [7, 11) is 0. The van der Waals surface area contributed by atoms with Crippen molar-refractivity contribution in [2.24, 2.45) is 0 Å². The van der Waals surface area contributed by atoms with Gasteiger partial charge in [0.15, 0.2) is 0 Å². The van der Waals surface area contributed by atoms with Crippen molar-refractivity contribution in [3.63, 3.8) is 0 Å². The van der Waals surface area contributed by atoms with E-state index >= 15 is 0 Å². The van der Waals surface area contributed by atoms with Crippen LogP contribution in [0, 0.1) is 0 Å². The average Bonchev–Trinajstić information content (AvgIpc) is 2.61. The molecular weight excluding hydrogens is 302 g/mol. The molecule has 0 saturated carbocycles. The molecule has 1 heterocycles. The Morgan fingerprint density at radius 2 is 1.29 bits per heavy atom. The number of ether oxygens (including phenoxy) is 2.